The highest BCUT2D eigenvalue weighted by Crippen LogP contribution is 2.44. The van der Waals surface area contributed by atoms with Gasteiger partial charge in [0.1, 0.15) is 11.5 Å². The highest BCUT2D eigenvalue weighted by atomic mass is 127. The molecule has 0 aromatic heterocycles. The summed E-state index contributed by atoms with van der Waals surface area (Å²) in [6, 6.07) is 4.09. The fourth-order valence-corrected chi connectivity index (χ4v) is 4.44. The Balaban J connectivity index is 3.45. The lowest BCUT2D eigenvalue weighted by molar-refractivity contribution is 0.440. The monoisotopic (exact) mass is 503 g/mol. The van der Waals surface area contributed by atoms with Crippen LogP contribution in [-0.2, 0) is 6.54 Å². The van der Waals surface area contributed by atoms with Crippen molar-refractivity contribution in [3.8, 4) is 11.5 Å². The molecule has 1 aromatic carbocycles. The molecule has 0 bridgehead atoms. The number of halogens is 1. The van der Waals surface area contributed by atoms with Crippen LogP contribution in [0, 0.1) is 10.1 Å². The average molecular weight is 504 g/mol. The molecule has 0 saturated carbocycles. The van der Waals surface area contributed by atoms with Gasteiger partial charge in [-0.1, -0.05) is 41.5 Å². The topological polar surface area (TPSA) is 22.8 Å². The molecule has 0 unspecified atom stereocenters. The second kappa shape index (κ2) is 7.84. The van der Waals surface area contributed by atoms with Crippen LogP contribution in [0.5, 0.6) is 11.5 Å². The van der Waals surface area contributed by atoms with Gasteiger partial charge in [-0.2, -0.15) is 0 Å². The van der Waals surface area contributed by atoms with Gasteiger partial charge in [-0.05, 0) is 71.0 Å². The van der Waals surface area contributed by atoms with Crippen molar-refractivity contribution in [3.63, 3.8) is 0 Å². The van der Waals surface area contributed by atoms with Crippen LogP contribution >= 0.6 is 22.6 Å². The predicted molar refractivity (Wildman–Crippen MR) is 125 cm³/mol. The summed E-state index contributed by atoms with van der Waals surface area (Å²) in [6.07, 6.45) is 0. The van der Waals surface area contributed by atoms with Crippen LogP contribution in [0.15, 0.2) is 12.1 Å². The predicted octanol–water partition coefficient (Wildman–Crippen LogP) is 7.48. The molecule has 0 atom stereocenters. The molecule has 1 rings (SSSR count). The van der Waals surface area contributed by atoms with Crippen molar-refractivity contribution in [2.24, 2.45) is 0 Å². The van der Waals surface area contributed by atoms with Crippen molar-refractivity contribution in [1.29, 1.82) is 0 Å². The Kier molecular flexibility index (Phi) is 7.09. The van der Waals surface area contributed by atoms with Gasteiger partial charge >= 0.3 is 0 Å². The summed E-state index contributed by atoms with van der Waals surface area (Å²) >= 11 is 2.30. The lowest BCUT2D eigenvalue weighted by atomic mass is 10.2. The highest BCUT2D eigenvalue weighted by molar-refractivity contribution is 14.1. The summed E-state index contributed by atoms with van der Waals surface area (Å²) in [5.74, 6) is 1.64. The smallest absolute Gasteiger partial charge is 0.250 e. The first kappa shape index (κ1) is 23.5. The van der Waals surface area contributed by atoms with Gasteiger partial charge in [0.25, 0.3) is 16.6 Å². The molecule has 0 aliphatic carbocycles. The first-order valence-corrected chi connectivity index (χ1v) is 15.9. The Hall–Kier alpha value is -0.526. The molecule has 0 aliphatic heterocycles. The molecule has 0 saturated heterocycles. The normalized spacial score (nSPS) is 13.3. The van der Waals surface area contributed by atoms with Crippen LogP contribution in [0.4, 0.5) is 0 Å². The lowest BCUT2D eigenvalue weighted by Gasteiger charge is -2.39. The third kappa shape index (κ3) is 5.49. The van der Waals surface area contributed by atoms with Crippen molar-refractivity contribution < 1.29 is 8.85 Å². The second-order valence-electron chi connectivity index (χ2n) is 9.93. The first-order valence-electron chi connectivity index (χ1n) is 9.05. The SMILES string of the molecule is [C-]#[N+]Cc1cc(O[Si](C)(C)C(C)(C)C)c(O[Si](C)(C)C(C)(C)C)cc1I. The van der Waals surface area contributed by atoms with E-state index in [-0.39, 0.29) is 10.1 Å². The van der Waals surface area contributed by atoms with Gasteiger partial charge in [-0.15, -0.1) is 0 Å². The fraction of sp³-hybridized carbons (Fsp3) is 0.650. The van der Waals surface area contributed by atoms with E-state index in [9.17, 15) is 0 Å². The Bertz CT molecular complexity index is 695. The number of nitrogens with zero attached hydrogens (tertiary/aromatic N) is 1. The molecule has 146 valence electrons. The number of hydrogen-bond donors (Lipinski definition) is 0. The maximum atomic E-state index is 7.23. The second-order valence-corrected chi connectivity index (χ2v) is 20.5. The van der Waals surface area contributed by atoms with Gasteiger partial charge < -0.3 is 13.7 Å². The van der Waals surface area contributed by atoms with Crippen LogP contribution in [-0.4, -0.2) is 16.6 Å². The molecule has 3 nitrogen and oxygen atoms in total. The van der Waals surface area contributed by atoms with Crippen molar-refractivity contribution in [3.05, 3.63) is 32.7 Å². The van der Waals surface area contributed by atoms with Crippen LogP contribution in [0.25, 0.3) is 4.85 Å². The summed E-state index contributed by atoms with van der Waals surface area (Å²) in [7, 11) is -3.99. The van der Waals surface area contributed by atoms with Gasteiger partial charge in [0.15, 0.2) is 0 Å². The van der Waals surface area contributed by atoms with Crippen LogP contribution in [0.2, 0.25) is 36.3 Å². The summed E-state index contributed by atoms with van der Waals surface area (Å²) in [5, 5.41) is 0.214. The zero-order valence-electron chi connectivity index (χ0n) is 18.0. The Morgan fingerprint density at radius 2 is 1.27 bits per heavy atom. The fourth-order valence-electron chi connectivity index (χ4n) is 1.80. The molecule has 6 heteroatoms. The molecule has 0 heterocycles. The molecule has 0 fully saturated rings. The number of hydrogen-bond acceptors (Lipinski definition) is 2. The van der Waals surface area contributed by atoms with E-state index in [0.717, 1.165) is 20.6 Å². The van der Waals surface area contributed by atoms with E-state index in [1.54, 1.807) is 0 Å². The van der Waals surface area contributed by atoms with Gasteiger partial charge in [0, 0.05) is 9.13 Å². The minimum atomic E-state index is -2.01. The lowest BCUT2D eigenvalue weighted by Crippen LogP contribution is -2.45. The molecular formula is C20H34INO2Si2. The molecule has 26 heavy (non-hydrogen) atoms. The number of rotatable bonds is 5. The van der Waals surface area contributed by atoms with Crippen molar-refractivity contribution in [1.82, 2.24) is 0 Å². The average Bonchev–Trinajstić information content (AvgIpc) is 2.40. The molecule has 0 radical (unpaired) electrons. The number of benzene rings is 1. The maximum Gasteiger partial charge on any atom is 0.250 e. The van der Waals surface area contributed by atoms with E-state index in [1.165, 1.54) is 0 Å². The first-order chi connectivity index (χ1) is 11.5. The molecule has 0 N–H and O–H groups in total. The maximum absolute atomic E-state index is 7.23. The summed E-state index contributed by atoms with van der Waals surface area (Å²) < 4.78 is 14.3. The van der Waals surface area contributed by atoms with Gasteiger partial charge in [-0.3, -0.25) is 0 Å². The van der Waals surface area contributed by atoms with Gasteiger partial charge in [0.05, 0.1) is 0 Å². The Morgan fingerprint density at radius 3 is 1.62 bits per heavy atom. The quantitative estimate of drug-likeness (QED) is 0.236. The van der Waals surface area contributed by atoms with E-state index in [0.29, 0.717) is 6.54 Å². The molecular weight excluding hydrogens is 469 g/mol. The standard InChI is InChI=1S/C20H34INO2Si2/c1-19(2,3)25(8,9)23-17-12-15(14-22-7)16(21)13-18(17)24-26(10,11)20(4,5)6/h12-13H,14H2,1-6,8-11H3. The largest absolute Gasteiger partial charge is 0.541 e. The third-order valence-corrected chi connectivity index (χ3v) is 15.4. The van der Waals surface area contributed by atoms with Crippen LogP contribution in [0.3, 0.4) is 0 Å². The zero-order chi connectivity index (χ0) is 20.6. The van der Waals surface area contributed by atoms with Crippen molar-refractivity contribution >= 4 is 39.2 Å². The third-order valence-electron chi connectivity index (χ3n) is 5.70. The van der Waals surface area contributed by atoms with E-state index >= 15 is 0 Å². The van der Waals surface area contributed by atoms with Gasteiger partial charge in [-0.25, -0.2) is 6.57 Å². The summed E-state index contributed by atoms with van der Waals surface area (Å²) in [5.41, 5.74) is 1.01. The van der Waals surface area contributed by atoms with E-state index < -0.39 is 16.6 Å². The zero-order valence-corrected chi connectivity index (χ0v) is 22.2. The van der Waals surface area contributed by atoms with Crippen molar-refractivity contribution in [2.75, 3.05) is 0 Å². The minimum Gasteiger partial charge on any atom is -0.541 e. The van der Waals surface area contributed by atoms with Crippen LogP contribution in [0.1, 0.15) is 47.1 Å². The summed E-state index contributed by atoms with van der Waals surface area (Å²) in [6.45, 7) is 30.0. The minimum absolute atomic E-state index is 0.101. The molecule has 0 amide bonds. The van der Waals surface area contributed by atoms with Crippen LogP contribution < -0.4 is 8.85 Å². The van der Waals surface area contributed by atoms with Crippen molar-refractivity contribution in [2.45, 2.75) is 84.4 Å². The van der Waals surface area contributed by atoms with E-state index in [4.69, 9.17) is 15.4 Å². The Labute approximate surface area is 176 Å². The molecule has 1 aromatic rings. The molecule has 0 spiro atoms. The summed E-state index contributed by atoms with van der Waals surface area (Å²) in [4.78, 5) is 3.57. The Morgan fingerprint density at radius 1 is 0.885 bits per heavy atom. The highest BCUT2D eigenvalue weighted by Gasteiger charge is 2.42. The molecule has 0 aliphatic rings. The van der Waals surface area contributed by atoms with E-state index in [1.807, 2.05) is 6.07 Å². The van der Waals surface area contributed by atoms with Gasteiger partial charge in [0.2, 0.25) is 6.54 Å². The van der Waals surface area contributed by atoms with E-state index in [2.05, 4.69) is 101 Å².